The molecule has 1 saturated carbocycles. The van der Waals surface area contributed by atoms with Crippen LogP contribution in [0.1, 0.15) is 52.5 Å². The van der Waals surface area contributed by atoms with E-state index in [9.17, 15) is 22.8 Å². The lowest BCUT2D eigenvalue weighted by Crippen LogP contribution is -2.46. The van der Waals surface area contributed by atoms with Crippen LogP contribution in [0, 0.1) is 5.92 Å². The van der Waals surface area contributed by atoms with Crippen molar-refractivity contribution in [3.05, 3.63) is 23.8 Å². The number of hydrogen-bond acceptors (Lipinski definition) is 5. The number of rotatable bonds is 8. The highest BCUT2D eigenvalue weighted by molar-refractivity contribution is 5.77. The third kappa shape index (κ3) is 6.83. The molecule has 1 aromatic rings. The van der Waals surface area contributed by atoms with Gasteiger partial charge in [0.05, 0.1) is 23.0 Å². The van der Waals surface area contributed by atoms with Gasteiger partial charge in [0, 0.05) is 13.0 Å². The lowest BCUT2D eigenvalue weighted by Gasteiger charge is -2.32. The molecule has 29 heavy (non-hydrogen) atoms. The Kier molecular flexibility index (Phi) is 7.02. The van der Waals surface area contributed by atoms with E-state index in [4.69, 9.17) is 4.74 Å². The average Bonchev–Trinajstić information content (AvgIpc) is 3.40. The first-order valence-corrected chi connectivity index (χ1v) is 9.59. The Morgan fingerprint density at radius 3 is 2.48 bits per heavy atom. The van der Waals surface area contributed by atoms with Crippen molar-refractivity contribution in [2.75, 3.05) is 17.3 Å². The van der Waals surface area contributed by atoms with E-state index in [0.717, 1.165) is 23.9 Å². The monoisotopic (exact) mass is 415 g/mol. The lowest BCUT2D eigenvalue weighted by atomic mass is 10.1. The minimum absolute atomic E-state index is 0.00393. The largest absolute Gasteiger partial charge is 0.442 e. The average molecular weight is 415 g/mol. The number of halogens is 3. The van der Waals surface area contributed by atoms with Gasteiger partial charge in [0.1, 0.15) is 11.9 Å². The first-order valence-electron chi connectivity index (χ1n) is 9.59. The van der Waals surface area contributed by atoms with Crippen LogP contribution in [-0.4, -0.2) is 35.6 Å². The van der Waals surface area contributed by atoms with Crippen LogP contribution in [0.4, 0.5) is 29.3 Å². The van der Waals surface area contributed by atoms with Crippen molar-refractivity contribution in [2.45, 2.75) is 64.8 Å². The predicted octanol–water partition coefficient (Wildman–Crippen LogP) is 5.07. The van der Waals surface area contributed by atoms with Gasteiger partial charge in [-0.05, 0) is 58.6 Å². The fraction of sp³-hybridized carbons (Fsp3) is 0.600. The molecule has 2 N–H and O–H groups in total. The zero-order valence-corrected chi connectivity index (χ0v) is 17.1. The summed E-state index contributed by atoms with van der Waals surface area (Å²) in [6, 6.07) is 3.08. The summed E-state index contributed by atoms with van der Waals surface area (Å²) in [6.07, 6.45) is -2.75. The molecule has 0 aliphatic heterocycles. The number of hydrogen-bond donors (Lipinski definition) is 2. The molecule has 2 rings (SSSR count). The summed E-state index contributed by atoms with van der Waals surface area (Å²) in [5, 5.41) is 3.94. The third-order valence-corrected chi connectivity index (χ3v) is 4.34. The molecule has 0 spiro atoms. The smallest absolute Gasteiger partial charge is 0.429 e. The van der Waals surface area contributed by atoms with Crippen molar-refractivity contribution >= 4 is 23.8 Å². The standard InChI is InChI=1S/C20H28F3N3O3/c1-13(10-11-27)26(18(28)29-19(2,3)4)25-16-7-5-6-15(20(21,22)23)17(16)24-12-14-8-9-14/h5-7,11,13-14,24-25H,8-10,12H2,1-4H3/t13-/m0/s1. The van der Waals surface area contributed by atoms with E-state index < -0.39 is 29.5 Å². The molecular formula is C20H28F3N3O3. The summed E-state index contributed by atoms with van der Waals surface area (Å²) < 4.78 is 46.0. The van der Waals surface area contributed by atoms with Gasteiger partial charge in [-0.1, -0.05) is 6.07 Å². The zero-order valence-electron chi connectivity index (χ0n) is 17.1. The number of para-hydroxylation sites is 1. The number of hydrazine groups is 1. The maximum atomic E-state index is 13.5. The van der Waals surface area contributed by atoms with Crippen LogP contribution in [0.25, 0.3) is 0 Å². The first kappa shape index (κ1) is 22.8. The summed E-state index contributed by atoms with van der Waals surface area (Å²) in [5.41, 5.74) is 1.08. The maximum absolute atomic E-state index is 13.5. The SMILES string of the molecule is C[C@@H](CC=O)N(Nc1cccc(C(F)(F)F)c1NCC1CC1)C(=O)OC(C)(C)C. The third-order valence-electron chi connectivity index (χ3n) is 4.34. The molecule has 1 aromatic carbocycles. The van der Waals surface area contributed by atoms with Crippen LogP contribution in [0.5, 0.6) is 0 Å². The van der Waals surface area contributed by atoms with Gasteiger partial charge in [0.2, 0.25) is 0 Å². The summed E-state index contributed by atoms with van der Waals surface area (Å²) in [6.45, 7) is 7.06. The van der Waals surface area contributed by atoms with Crippen LogP contribution in [-0.2, 0) is 15.7 Å². The van der Waals surface area contributed by atoms with E-state index in [2.05, 4.69) is 10.7 Å². The van der Waals surface area contributed by atoms with E-state index in [0.29, 0.717) is 18.7 Å². The van der Waals surface area contributed by atoms with Crippen LogP contribution in [0.3, 0.4) is 0 Å². The number of aldehydes is 1. The fourth-order valence-electron chi connectivity index (χ4n) is 2.66. The molecule has 0 bridgehead atoms. The van der Waals surface area contributed by atoms with Gasteiger partial charge >= 0.3 is 12.3 Å². The molecule has 6 nitrogen and oxygen atoms in total. The molecule has 1 atom stereocenters. The van der Waals surface area contributed by atoms with Crippen molar-refractivity contribution in [1.29, 1.82) is 0 Å². The molecule has 1 fully saturated rings. The fourth-order valence-corrected chi connectivity index (χ4v) is 2.66. The van der Waals surface area contributed by atoms with Crippen molar-refractivity contribution in [1.82, 2.24) is 5.01 Å². The van der Waals surface area contributed by atoms with Gasteiger partial charge in [-0.15, -0.1) is 0 Å². The van der Waals surface area contributed by atoms with Gasteiger partial charge in [-0.3, -0.25) is 5.43 Å². The normalized spacial score (nSPS) is 15.4. The van der Waals surface area contributed by atoms with Crippen LogP contribution < -0.4 is 10.7 Å². The molecular weight excluding hydrogens is 387 g/mol. The van der Waals surface area contributed by atoms with E-state index >= 15 is 0 Å². The molecule has 0 unspecified atom stereocenters. The Morgan fingerprint density at radius 2 is 1.97 bits per heavy atom. The second kappa shape index (κ2) is 8.92. The van der Waals surface area contributed by atoms with Gasteiger partial charge < -0.3 is 14.8 Å². The topological polar surface area (TPSA) is 70.7 Å². The number of nitrogens with zero attached hydrogens (tertiary/aromatic N) is 1. The van der Waals surface area contributed by atoms with Crippen LogP contribution in [0.2, 0.25) is 0 Å². The Hall–Kier alpha value is -2.45. The maximum Gasteiger partial charge on any atom is 0.429 e. The Bertz CT molecular complexity index is 728. The molecule has 0 saturated heterocycles. The minimum Gasteiger partial charge on any atom is -0.442 e. The van der Waals surface area contributed by atoms with Gasteiger partial charge in [0.25, 0.3) is 0 Å². The zero-order chi connectivity index (χ0) is 21.8. The number of ether oxygens (including phenoxy) is 1. The van der Waals surface area contributed by atoms with Crippen molar-refractivity contribution in [3.63, 3.8) is 0 Å². The highest BCUT2D eigenvalue weighted by Crippen LogP contribution is 2.40. The summed E-state index contributed by atoms with van der Waals surface area (Å²) in [4.78, 5) is 23.6. The van der Waals surface area contributed by atoms with Crippen LogP contribution >= 0.6 is 0 Å². The molecule has 9 heteroatoms. The summed E-state index contributed by atoms with van der Waals surface area (Å²) >= 11 is 0. The number of alkyl halides is 3. The number of carbonyl (C=O) groups excluding carboxylic acids is 2. The van der Waals surface area contributed by atoms with Gasteiger partial charge in [0.15, 0.2) is 0 Å². The number of carbonyl (C=O) groups is 2. The van der Waals surface area contributed by atoms with Crippen molar-refractivity contribution in [3.8, 4) is 0 Å². The summed E-state index contributed by atoms with van der Waals surface area (Å²) in [5.74, 6) is 0.347. The number of nitrogens with one attached hydrogen (secondary N) is 2. The molecule has 0 heterocycles. The van der Waals surface area contributed by atoms with Crippen molar-refractivity contribution in [2.24, 2.45) is 5.92 Å². The summed E-state index contributed by atoms with van der Waals surface area (Å²) in [7, 11) is 0. The second-order valence-corrected chi connectivity index (χ2v) is 8.26. The quantitative estimate of drug-likeness (QED) is 0.458. The van der Waals surface area contributed by atoms with Gasteiger partial charge in [-0.25, -0.2) is 9.80 Å². The Labute approximate surface area is 168 Å². The van der Waals surface area contributed by atoms with Crippen LogP contribution in [0.15, 0.2) is 18.2 Å². The Morgan fingerprint density at radius 1 is 1.31 bits per heavy atom. The molecule has 0 aromatic heterocycles. The van der Waals surface area contributed by atoms with E-state index in [1.807, 2.05) is 0 Å². The van der Waals surface area contributed by atoms with Crippen molar-refractivity contribution < 1.29 is 27.5 Å². The van der Waals surface area contributed by atoms with E-state index in [-0.39, 0.29) is 17.8 Å². The second-order valence-electron chi connectivity index (χ2n) is 8.26. The minimum atomic E-state index is -4.56. The molecule has 1 aliphatic rings. The van der Waals surface area contributed by atoms with E-state index in [1.165, 1.54) is 12.1 Å². The highest BCUT2D eigenvalue weighted by Gasteiger charge is 2.36. The molecule has 162 valence electrons. The number of benzene rings is 1. The Balaban J connectivity index is 2.37. The lowest BCUT2D eigenvalue weighted by molar-refractivity contribution is -0.136. The number of amides is 1. The molecule has 1 aliphatic carbocycles. The highest BCUT2D eigenvalue weighted by atomic mass is 19.4. The first-order chi connectivity index (χ1) is 13.4. The molecule has 1 amide bonds. The van der Waals surface area contributed by atoms with E-state index in [1.54, 1.807) is 27.7 Å². The van der Waals surface area contributed by atoms with Gasteiger partial charge in [-0.2, -0.15) is 13.2 Å². The number of anilines is 2. The molecule has 0 radical (unpaired) electrons. The predicted molar refractivity (Wildman–Crippen MR) is 104 cm³/mol.